The van der Waals surface area contributed by atoms with Crippen LogP contribution in [0.1, 0.15) is 18.5 Å². The Kier molecular flexibility index (Phi) is 6.61. The first-order valence-electron chi connectivity index (χ1n) is 6.80. The minimum absolute atomic E-state index is 0.0216. The molecule has 1 amide bonds. The second-order valence-electron chi connectivity index (χ2n) is 5.23. The highest BCUT2D eigenvalue weighted by Gasteiger charge is 2.17. The second kappa shape index (κ2) is 7.97. The summed E-state index contributed by atoms with van der Waals surface area (Å²) in [5, 5.41) is 5.93. The van der Waals surface area contributed by atoms with Crippen molar-refractivity contribution < 1.29 is 9.18 Å². The molecule has 1 rings (SSSR count). The van der Waals surface area contributed by atoms with Gasteiger partial charge in [0.15, 0.2) is 0 Å². The fourth-order valence-corrected chi connectivity index (χ4v) is 2.05. The van der Waals surface area contributed by atoms with Crippen LogP contribution in [-0.2, 0) is 4.79 Å². The molecule has 0 saturated heterocycles. The van der Waals surface area contributed by atoms with Gasteiger partial charge in [-0.25, -0.2) is 4.39 Å². The van der Waals surface area contributed by atoms with E-state index in [1.807, 2.05) is 33.0 Å². The normalized spacial score (nSPS) is 14.1. The quantitative estimate of drug-likeness (QED) is 0.794. The number of hydrogen-bond donors (Lipinski definition) is 2. The third kappa shape index (κ3) is 4.90. The number of likely N-dealkylation sites (N-methyl/N-ethyl adjacent to an activating group) is 1. The maximum atomic E-state index is 13.0. The molecule has 1 aromatic rings. The van der Waals surface area contributed by atoms with E-state index in [9.17, 15) is 9.18 Å². The van der Waals surface area contributed by atoms with E-state index in [-0.39, 0.29) is 23.7 Å². The fourth-order valence-electron chi connectivity index (χ4n) is 2.05. The van der Waals surface area contributed by atoms with Gasteiger partial charge in [-0.05, 0) is 38.8 Å². The second-order valence-corrected chi connectivity index (χ2v) is 5.23. The topological polar surface area (TPSA) is 44.4 Å². The van der Waals surface area contributed by atoms with Crippen LogP contribution in [0.2, 0.25) is 0 Å². The summed E-state index contributed by atoms with van der Waals surface area (Å²) < 4.78 is 13.0. The lowest BCUT2D eigenvalue weighted by Crippen LogP contribution is -2.39. The zero-order chi connectivity index (χ0) is 15.1. The minimum atomic E-state index is -0.252. The molecule has 0 fully saturated rings. The monoisotopic (exact) mass is 281 g/mol. The van der Waals surface area contributed by atoms with E-state index in [1.54, 1.807) is 12.1 Å². The highest BCUT2D eigenvalue weighted by atomic mass is 19.1. The van der Waals surface area contributed by atoms with E-state index >= 15 is 0 Å². The number of carbonyl (C=O) groups is 1. The van der Waals surface area contributed by atoms with Crippen molar-refractivity contribution in [3.63, 3.8) is 0 Å². The van der Waals surface area contributed by atoms with Crippen LogP contribution < -0.4 is 10.6 Å². The molecule has 2 unspecified atom stereocenters. The van der Waals surface area contributed by atoms with Gasteiger partial charge in [0, 0.05) is 19.0 Å². The molecule has 2 N–H and O–H groups in total. The highest BCUT2D eigenvalue weighted by molar-refractivity contribution is 5.78. The van der Waals surface area contributed by atoms with Gasteiger partial charge in [-0.3, -0.25) is 4.79 Å². The number of nitrogens with zero attached hydrogens (tertiary/aromatic N) is 1. The number of benzene rings is 1. The fraction of sp³-hybridized carbons (Fsp3) is 0.533. The van der Waals surface area contributed by atoms with E-state index in [0.717, 1.165) is 5.56 Å². The van der Waals surface area contributed by atoms with Crippen LogP contribution in [0.5, 0.6) is 0 Å². The summed E-state index contributed by atoms with van der Waals surface area (Å²) in [4.78, 5) is 13.9. The zero-order valence-electron chi connectivity index (χ0n) is 12.6. The molecule has 0 aliphatic rings. The number of halogens is 1. The van der Waals surface area contributed by atoms with Gasteiger partial charge in [-0.1, -0.05) is 19.1 Å². The molecule has 0 aliphatic carbocycles. The molecule has 1 aromatic carbocycles. The molecule has 5 heteroatoms. The van der Waals surface area contributed by atoms with Crippen LogP contribution in [0, 0.1) is 11.7 Å². The van der Waals surface area contributed by atoms with Crippen LogP contribution in [0.25, 0.3) is 0 Å². The van der Waals surface area contributed by atoms with Crippen molar-refractivity contribution in [3.8, 4) is 0 Å². The van der Waals surface area contributed by atoms with E-state index in [0.29, 0.717) is 13.1 Å². The van der Waals surface area contributed by atoms with Crippen molar-refractivity contribution in [2.45, 2.75) is 13.0 Å². The van der Waals surface area contributed by atoms with Crippen LogP contribution in [0.15, 0.2) is 24.3 Å². The molecule has 0 radical (unpaired) electrons. The van der Waals surface area contributed by atoms with Gasteiger partial charge in [0.1, 0.15) is 5.82 Å². The summed E-state index contributed by atoms with van der Waals surface area (Å²) in [7, 11) is 5.71. The van der Waals surface area contributed by atoms with Crippen molar-refractivity contribution >= 4 is 5.91 Å². The average molecular weight is 281 g/mol. The number of rotatable bonds is 7. The van der Waals surface area contributed by atoms with Gasteiger partial charge in [0.25, 0.3) is 0 Å². The van der Waals surface area contributed by atoms with Crippen LogP contribution in [0.3, 0.4) is 0 Å². The smallest absolute Gasteiger partial charge is 0.224 e. The third-order valence-electron chi connectivity index (χ3n) is 3.31. The van der Waals surface area contributed by atoms with Crippen molar-refractivity contribution in [1.82, 2.24) is 15.5 Å². The van der Waals surface area contributed by atoms with Crippen LogP contribution in [-0.4, -0.2) is 45.0 Å². The number of amides is 1. The van der Waals surface area contributed by atoms with Crippen LogP contribution in [0.4, 0.5) is 4.39 Å². The molecule has 0 aromatic heterocycles. The van der Waals surface area contributed by atoms with Crippen molar-refractivity contribution in [2.75, 3.05) is 34.2 Å². The Morgan fingerprint density at radius 2 is 1.85 bits per heavy atom. The first-order chi connectivity index (χ1) is 9.45. The molecule has 4 nitrogen and oxygen atoms in total. The Morgan fingerprint density at radius 1 is 1.25 bits per heavy atom. The Bertz CT molecular complexity index is 420. The molecule has 0 spiro atoms. The van der Waals surface area contributed by atoms with E-state index in [2.05, 4.69) is 10.6 Å². The summed E-state index contributed by atoms with van der Waals surface area (Å²) in [6, 6.07) is 6.42. The molecular formula is C15H24FN3O. The molecule has 0 saturated carbocycles. The third-order valence-corrected chi connectivity index (χ3v) is 3.31. The molecule has 2 atom stereocenters. The Labute approximate surface area is 120 Å². The first kappa shape index (κ1) is 16.6. The maximum absolute atomic E-state index is 13.0. The Balaban J connectivity index is 2.64. The summed E-state index contributed by atoms with van der Waals surface area (Å²) in [5.41, 5.74) is 0.984. The lowest BCUT2D eigenvalue weighted by Gasteiger charge is -2.25. The SMILES string of the molecule is CNCC(C)C(=O)NCC(c1ccc(F)cc1)N(C)C. The standard InChI is InChI=1S/C15H24FN3O/c1-11(9-17-2)15(20)18-10-14(19(3)4)12-5-7-13(16)8-6-12/h5-8,11,14,17H,9-10H2,1-4H3,(H,18,20). The Hall–Kier alpha value is -1.46. The predicted molar refractivity (Wildman–Crippen MR) is 78.9 cm³/mol. The van der Waals surface area contributed by atoms with Crippen molar-refractivity contribution in [3.05, 3.63) is 35.6 Å². The zero-order valence-corrected chi connectivity index (χ0v) is 12.6. The molecule has 0 aliphatic heterocycles. The van der Waals surface area contributed by atoms with E-state index in [1.165, 1.54) is 12.1 Å². The maximum Gasteiger partial charge on any atom is 0.224 e. The van der Waals surface area contributed by atoms with Crippen molar-refractivity contribution in [1.29, 1.82) is 0 Å². The van der Waals surface area contributed by atoms with E-state index < -0.39 is 0 Å². The number of hydrogen-bond acceptors (Lipinski definition) is 3. The van der Waals surface area contributed by atoms with Gasteiger partial charge >= 0.3 is 0 Å². The van der Waals surface area contributed by atoms with E-state index in [4.69, 9.17) is 0 Å². The van der Waals surface area contributed by atoms with Gasteiger partial charge in [-0.2, -0.15) is 0 Å². The summed E-state index contributed by atoms with van der Waals surface area (Å²) >= 11 is 0. The lowest BCUT2D eigenvalue weighted by atomic mass is 10.1. The van der Waals surface area contributed by atoms with Crippen molar-refractivity contribution in [2.24, 2.45) is 5.92 Å². The Morgan fingerprint density at radius 3 is 2.35 bits per heavy atom. The molecule has 0 heterocycles. The largest absolute Gasteiger partial charge is 0.354 e. The molecule has 0 bridgehead atoms. The average Bonchev–Trinajstić information content (AvgIpc) is 2.40. The number of carbonyl (C=O) groups excluding carboxylic acids is 1. The highest BCUT2D eigenvalue weighted by Crippen LogP contribution is 2.17. The minimum Gasteiger partial charge on any atom is -0.354 e. The molecule has 112 valence electrons. The summed E-state index contributed by atoms with van der Waals surface area (Å²) in [5.74, 6) is -0.303. The van der Waals surface area contributed by atoms with Gasteiger partial charge in [-0.15, -0.1) is 0 Å². The molecular weight excluding hydrogens is 257 g/mol. The lowest BCUT2D eigenvalue weighted by molar-refractivity contribution is -0.124. The van der Waals surface area contributed by atoms with Crippen LogP contribution >= 0.6 is 0 Å². The predicted octanol–water partition coefficient (Wildman–Crippen LogP) is 1.40. The van der Waals surface area contributed by atoms with Gasteiger partial charge < -0.3 is 15.5 Å². The summed E-state index contributed by atoms with van der Waals surface area (Å²) in [6.07, 6.45) is 0. The number of nitrogens with one attached hydrogen (secondary N) is 2. The molecule has 20 heavy (non-hydrogen) atoms. The van der Waals surface area contributed by atoms with Gasteiger partial charge in [0.05, 0.1) is 6.04 Å². The first-order valence-corrected chi connectivity index (χ1v) is 6.80. The van der Waals surface area contributed by atoms with Gasteiger partial charge in [0.2, 0.25) is 5.91 Å². The summed E-state index contributed by atoms with van der Waals surface area (Å²) in [6.45, 7) is 3.04.